The van der Waals surface area contributed by atoms with Crippen molar-refractivity contribution >= 4 is 12.2 Å². The third-order valence-electron chi connectivity index (χ3n) is 3.15. The molecule has 2 heterocycles. The fourth-order valence-electron chi connectivity index (χ4n) is 1.91. The van der Waals surface area contributed by atoms with Gasteiger partial charge in [0.15, 0.2) is 0 Å². The van der Waals surface area contributed by atoms with Gasteiger partial charge < -0.3 is 4.98 Å². The van der Waals surface area contributed by atoms with Crippen molar-refractivity contribution in [3.63, 3.8) is 0 Å². The Morgan fingerprint density at radius 3 is 2.47 bits per heavy atom. The summed E-state index contributed by atoms with van der Waals surface area (Å²) in [4.78, 5) is 12.1. The maximum absolute atomic E-state index is 5.39. The van der Waals surface area contributed by atoms with Gasteiger partial charge in [0.25, 0.3) is 0 Å². The Kier molecular flexibility index (Phi) is 3.54. The van der Waals surface area contributed by atoms with E-state index in [9.17, 15) is 0 Å². The van der Waals surface area contributed by atoms with Gasteiger partial charge in [0.05, 0.1) is 5.69 Å². The molecule has 2 aromatic rings. The fourth-order valence-corrected chi connectivity index (χ4v) is 2.10. The number of H-pyrrole nitrogens is 1. The molecule has 0 fully saturated rings. The topological polar surface area (TPSA) is 41.6 Å². The summed E-state index contributed by atoms with van der Waals surface area (Å²) in [5, 5.41) is 0. The lowest BCUT2D eigenvalue weighted by atomic mass is 9.95. The molecule has 2 aromatic heterocycles. The van der Waals surface area contributed by atoms with Gasteiger partial charge in [-0.05, 0) is 25.5 Å². The molecule has 0 radical (unpaired) electrons. The number of hydrogen-bond acceptors (Lipinski definition) is 3. The molecule has 19 heavy (non-hydrogen) atoms. The molecule has 3 nitrogen and oxygen atoms in total. The van der Waals surface area contributed by atoms with Crippen LogP contribution in [0.5, 0.6) is 0 Å². The predicted molar refractivity (Wildman–Crippen MR) is 80.8 cm³/mol. The third-order valence-corrected chi connectivity index (χ3v) is 3.55. The van der Waals surface area contributed by atoms with Crippen LogP contribution in [0.25, 0.3) is 11.3 Å². The minimum atomic E-state index is -0.0586. The van der Waals surface area contributed by atoms with Crippen molar-refractivity contribution in [1.29, 1.82) is 0 Å². The molecule has 4 heteroatoms. The van der Waals surface area contributed by atoms with E-state index in [0.29, 0.717) is 4.64 Å². The summed E-state index contributed by atoms with van der Waals surface area (Å²) in [7, 11) is 0. The molecule has 0 saturated heterocycles. The van der Waals surface area contributed by atoms with Gasteiger partial charge in [-0.25, -0.2) is 4.98 Å². The molecule has 0 aliphatic rings. The summed E-state index contributed by atoms with van der Waals surface area (Å²) in [5.41, 5.74) is 4.26. The van der Waals surface area contributed by atoms with E-state index in [0.717, 1.165) is 28.2 Å². The number of rotatable bonds is 1. The van der Waals surface area contributed by atoms with Crippen LogP contribution in [0.3, 0.4) is 0 Å². The highest BCUT2D eigenvalue weighted by Gasteiger charge is 2.19. The molecule has 0 aliphatic heterocycles. The number of hydrogen-bond donors (Lipinski definition) is 1. The maximum atomic E-state index is 5.39. The Morgan fingerprint density at radius 2 is 1.89 bits per heavy atom. The largest absolute Gasteiger partial charge is 0.342 e. The minimum Gasteiger partial charge on any atom is -0.342 e. The van der Waals surface area contributed by atoms with E-state index < -0.39 is 0 Å². The van der Waals surface area contributed by atoms with Crippen molar-refractivity contribution in [1.82, 2.24) is 15.0 Å². The average Bonchev–Trinajstić information content (AvgIpc) is 2.32. The number of pyridine rings is 1. The minimum absolute atomic E-state index is 0.0586. The number of aryl methyl sites for hydroxylation is 1. The Labute approximate surface area is 119 Å². The van der Waals surface area contributed by atoms with Crippen LogP contribution in [0.2, 0.25) is 0 Å². The van der Waals surface area contributed by atoms with Crippen LogP contribution in [-0.4, -0.2) is 15.0 Å². The van der Waals surface area contributed by atoms with Gasteiger partial charge in [-0.3, -0.25) is 4.98 Å². The number of nitrogens with one attached hydrogen (secondary N) is 1. The highest BCUT2D eigenvalue weighted by Crippen LogP contribution is 2.27. The quantitative estimate of drug-likeness (QED) is 0.795. The van der Waals surface area contributed by atoms with Crippen LogP contribution < -0.4 is 0 Å². The molecule has 0 aliphatic carbocycles. The first kappa shape index (κ1) is 13.9. The molecule has 0 bridgehead atoms. The summed E-state index contributed by atoms with van der Waals surface area (Å²) >= 11 is 5.39. The van der Waals surface area contributed by atoms with Gasteiger partial charge in [-0.15, -0.1) is 0 Å². The predicted octanol–water partition coefficient (Wildman–Crippen LogP) is 4.12. The summed E-state index contributed by atoms with van der Waals surface area (Å²) in [6.07, 6.45) is 3.67. The van der Waals surface area contributed by atoms with Gasteiger partial charge >= 0.3 is 0 Å². The Bertz CT molecular complexity index is 666. The van der Waals surface area contributed by atoms with Gasteiger partial charge in [-0.2, -0.15) is 0 Å². The van der Waals surface area contributed by atoms with Gasteiger partial charge in [-0.1, -0.05) is 33.0 Å². The van der Waals surface area contributed by atoms with Crippen molar-refractivity contribution in [2.75, 3.05) is 0 Å². The highest BCUT2D eigenvalue weighted by atomic mass is 32.1. The lowest BCUT2D eigenvalue weighted by molar-refractivity contribution is 0.544. The lowest BCUT2D eigenvalue weighted by Gasteiger charge is -2.20. The molecule has 0 amide bonds. The molecule has 2 rings (SSSR count). The van der Waals surface area contributed by atoms with Gasteiger partial charge in [0.2, 0.25) is 0 Å². The number of nitrogens with zero attached hydrogens (tertiary/aromatic N) is 2. The fraction of sp³-hybridized carbons (Fsp3) is 0.400. The van der Waals surface area contributed by atoms with Crippen LogP contribution in [-0.2, 0) is 5.41 Å². The zero-order valence-corrected chi connectivity index (χ0v) is 12.9. The second-order valence-corrected chi connectivity index (χ2v) is 6.22. The van der Waals surface area contributed by atoms with Crippen molar-refractivity contribution < 1.29 is 0 Å². The van der Waals surface area contributed by atoms with Crippen LogP contribution in [0.4, 0.5) is 0 Å². The average molecular weight is 273 g/mol. The van der Waals surface area contributed by atoms with E-state index in [1.54, 1.807) is 6.20 Å². The monoisotopic (exact) mass is 273 g/mol. The Balaban J connectivity index is 2.74. The molecule has 0 unspecified atom stereocenters. The zero-order chi connectivity index (χ0) is 14.2. The van der Waals surface area contributed by atoms with Gasteiger partial charge in [0, 0.05) is 28.9 Å². The van der Waals surface area contributed by atoms with Crippen LogP contribution in [0.15, 0.2) is 18.5 Å². The first-order valence-electron chi connectivity index (χ1n) is 6.33. The number of aromatic nitrogens is 3. The summed E-state index contributed by atoms with van der Waals surface area (Å²) < 4.78 is 0.662. The summed E-state index contributed by atoms with van der Waals surface area (Å²) in [5.74, 6) is 0.911. The highest BCUT2D eigenvalue weighted by molar-refractivity contribution is 7.71. The summed E-state index contributed by atoms with van der Waals surface area (Å²) in [6, 6.07) is 2.01. The van der Waals surface area contributed by atoms with E-state index in [1.807, 2.05) is 19.2 Å². The molecule has 0 aromatic carbocycles. The van der Waals surface area contributed by atoms with E-state index >= 15 is 0 Å². The first-order chi connectivity index (χ1) is 8.80. The second kappa shape index (κ2) is 4.85. The van der Waals surface area contributed by atoms with Crippen molar-refractivity contribution in [3.05, 3.63) is 40.1 Å². The number of aromatic amines is 1. The van der Waals surface area contributed by atoms with Crippen LogP contribution in [0.1, 0.15) is 37.7 Å². The van der Waals surface area contributed by atoms with E-state index in [-0.39, 0.29) is 5.41 Å². The molecule has 1 N–H and O–H groups in total. The summed E-state index contributed by atoms with van der Waals surface area (Å²) in [6.45, 7) is 10.4. The zero-order valence-electron chi connectivity index (χ0n) is 12.0. The first-order valence-corrected chi connectivity index (χ1v) is 6.74. The SMILES string of the molecule is Cc1cnccc1-c1[nH]c(C(C)(C)C)nc(=S)c1C. The second-order valence-electron chi connectivity index (χ2n) is 5.83. The molecular formula is C15H19N3S. The van der Waals surface area contributed by atoms with E-state index in [4.69, 9.17) is 12.2 Å². The molecular weight excluding hydrogens is 254 g/mol. The maximum Gasteiger partial charge on any atom is 0.133 e. The van der Waals surface area contributed by atoms with Crippen molar-refractivity contribution in [2.45, 2.75) is 40.0 Å². The van der Waals surface area contributed by atoms with E-state index in [1.165, 1.54) is 0 Å². The molecule has 100 valence electrons. The standard InChI is InChI=1S/C15H19N3S/c1-9-8-16-7-6-11(9)12-10(2)13(19)18-14(17-12)15(3,4)5/h6-8H,1-5H3,(H,17,18,19). The normalized spacial score (nSPS) is 11.6. The van der Waals surface area contributed by atoms with E-state index in [2.05, 4.69) is 42.6 Å². The smallest absolute Gasteiger partial charge is 0.133 e. The Hall–Kier alpha value is -1.55. The Morgan fingerprint density at radius 1 is 1.21 bits per heavy atom. The van der Waals surface area contributed by atoms with Crippen LogP contribution in [0, 0.1) is 18.5 Å². The molecule has 0 atom stereocenters. The van der Waals surface area contributed by atoms with Crippen molar-refractivity contribution in [2.24, 2.45) is 0 Å². The molecule has 0 saturated carbocycles. The molecule has 0 spiro atoms. The van der Waals surface area contributed by atoms with Crippen LogP contribution >= 0.6 is 12.2 Å². The third kappa shape index (κ3) is 2.73. The lowest BCUT2D eigenvalue weighted by Crippen LogP contribution is -2.17. The van der Waals surface area contributed by atoms with Crippen molar-refractivity contribution in [3.8, 4) is 11.3 Å². The van der Waals surface area contributed by atoms with Gasteiger partial charge in [0.1, 0.15) is 10.5 Å².